The summed E-state index contributed by atoms with van der Waals surface area (Å²) in [7, 11) is 0. The van der Waals surface area contributed by atoms with Crippen molar-refractivity contribution >= 4 is 12.0 Å². The first-order valence-electron chi connectivity index (χ1n) is 6.02. The number of rotatable bonds is 6. The Hall–Kier alpha value is -1.91. The molecule has 0 aromatic carbocycles. The summed E-state index contributed by atoms with van der Waals surface area (Å²) in [6.07, 6.45) is 6.38. The molecule has 0 bridgehead atoms. The number of nitrogens with one attached hydrogen (secondary N) is 1. The molecule has 0 atom stereocenters. The maximum atomic E-state index is 11.4. The van der Waals surface area contributed by atoms with Crippen molar-refractivity contribution in [3.05, 3.63) is 24.0 Å². The van der Waals surface area contributed by atoms with Crippen LogP contribution in [0.5, 0.6) is 6.01 Å². The van der Waals surface area contributed by atoms with Crippen molar-refractivity contribution in [1.29, 1.82) is 0 Å². The summed E-state index contributed by atoms with van der Waals surface area (Å²) in [6.45, 7) is 7.17. The zero-order valence-corrected chi connectivity index (χ0v) is 11.0. The van der Waals surface area contributed by atoms with Gasteiger partial charge in [-0.15, -0.1) is 0 Å². The number of hydrogen-bond acceptors (Lipinski definition) is 4. The topological polar surface area (TPSA) is 64.1 Å². The molecule has 0 spiro atoms. The van der Waals surface area contributed by atoms with Crippen molar-refractivity contribution in [3.63, 3.8) is 0 Å². The highest BCUT2D eigenvalue weighted by Crippen LogP contribution is 2.04. The van der Waals surface area contributed by atoms with Crippen molar-refractivity contribution in [1.82, 2.24) is 15.3 Å². The molecule has 0 fully saturated rings. The molecule has 1 heterocycles. The fourth-order valence-corrected chi connectivity index (χ4v) is 1.15. The number of ether oxygens (including phenoxy) is 1. The predicted molar refractivity (Wildman–Crippen MR) is 70.1 cm³/mol. The Labute approximate surface area is 107 Å². The second-order valence-corrected chi connectivity index (χ2v) is 4.20. The Morgan fingerprint density at radius 1 is 1.44 bits per heavy atom. The summed E-state index contributed by atoms with van der Waals surface area (Å²) in [6, 6.07) is 0.346. The van der Waals surface area contributed by atoms with E-state index in [0.717, 1.165) is 5.56 Å². The van der Waals surface area contributed by atoms with Crippen LogP contribution in [0.2, 0.25) is 0 Å². The van der Waals surface area contributed by atoms with E-state index < -0.39 is 0 Å². The van der Waals surface area contributed by atoms with Crippen LogP contribution in [0.4, 0.5) is 0 Å². The number of carbonyl (C=O) groups is 1. The van der Waals surface area contributed by atoms with Crippen LogP contribution in [0, 0.1) is 5.92 Å². The molecule has 0 aliphatic heterocycles. The quantitative estimate of drug-likeness (QED) is 0.779. The van der Waals surface area contributed by atoms with E-state index in [1.807, 2.05) is 20.8 Å². The molecular weight excluding hydrogens is 230 g/mol. The Bertz CT molecular complexity index is 399. The summed E-state index contributed by atoms with van der Waals surface area (Å²) in [5.74, 6) is 0.328. The molecule has 1 aromatic heterocycles. The lowest BCUT2D eigenvalue weighted by Crippen LogP contribution is -2.25. The normalized spacial score (nSPS) is 10.9. The Balaban J connectivity index is 2.48. The van der Waals surface area contributed by atoms with Gasteiger partial charge < -0.3 is 10.1 Å². The maximum Gasteiger partial charge on any atom is 0.316 e. The third-order valence-electron chi connectivity index (χ3n) is 2.03. The summed E-state index contributed by atoms with van der Waals surface area (Å²) in [5.41, 5.74) is 0.762. The highest BCUT2D eigenvalue weighted by atomic mass is 16.5. The molecule has 0 radical (unpaired) electrons. The molecule has 0 saturated heterocycles. The van der Waals surface area contributed by atoms with Gasteiger partial charge in [-0.3, -0.25) is 4.79 Å². The lowest BCUT2D eigenvalue weighted by molar-refractivity contribution is -0.116. The van der Waals surface area contributed by atoms with E-state index in [1.165, 1.54) is 6.08 Å². The van der Waals surface area contributed by atoms with Crippen molar-refractivity contribution in [3.8, 4) is 6.01 Å². The average molecular weight is 249 g/mol. The zero-order valence-electron chi connectivity index (χ0n) is 11.0. The minimum absolute atomic E-state index is 0.113. The van der Waals surface area contributed by atoms with Gasteiger partial charge in [-0.1, -0.05) is 13.8 Å². The lowest BCUT2D eigenvalue weighted by Gasteiger charge is -2.04. The SMILES string of the molecule is CCOc1ncc(/C=C/C(=O)NCC(C)C)cn1. The van der Waals surface area contributed by atoms with Crippen LogP contribution in [0.15, 0.2) is 18.5 Å². The first-order chi connectivity index (χ1) is 8.61. The number of amides is 1. The fraction of sp³-hybridized carbons (Fsp3) is 0.462. The summed E-state index contributed by atoms with van der Waals surface area (Å²) >= 11 is 0. The van der Waals surface area contributed by atoms with E-state index in [-0.39, 0.29) is 5.91 Å². The Morgan fingerprint density at radius 2 is 2.11 bits per heavy atom. The van der Waals surface area contributed by atoms with Gasteiger partial charge in [-0.2, -0.15) is 0 Å². The number of nitrogens with zero attached hydrogens (tertiary/aromatic N) is 2. The van der Waals surface area contributed by atoms with E-state index in [0.29, 0.717) is 25.1 Å². The van der Waals surface area contributed by atoms with Crippen LogP contribution in [-0.4, -0.2) is 29.0 Å². The molecule has 5 heteroatoms. The van der Waals surface area contributed by atoms with Gasteiger partial charge in [0.15, 0.2) is 0 Å². The van der Waals surface area contributed by atoms with E-state index in [2.05, 4.69) is 15.3 Å². The van der Waals surface area contributed by atoms with Crippen molar-refractivity contribution in [2.75, 3.05) is 13.2 Å². The maximum absolute atomic E-state index is 11.4. The molecule has 1 rings (SSSR count). The summed E-state index contributed by atoms with van der Waals surface area (Å²) in [4.78, 5) is 19.4. The molecule has 5 nitrogen and oxygen atoms in total. The Kier molecular flexibility index (Phi) is 5.84. The van der Waals surface area contributed by atoms with Crippen molar-refractivity contribution in [2.45, 2.75) is 20.8 Å². The van der Waals surface area contributed by atoms with Gasteiger partial charge in [0.05, 0.1) is 6.61 Å². The van der Waals surface area contributed by atoms with Gasteiger partial charge in [0.2, 0.25) is 5.91 Å². The molecule has 1 aromatic rings. The predicted octanol–water partition coefficient (Wildman–Crippen LogP) is 1.66. The largest absolute Gasteiger partial charge is 0.464 e. The highest BCUT2D eigenvalue weighted by molar-refractivity contribution is 5.91. The van der Waals surface area contributed by atoms with Crippen LogP contribution in [0.25, 0.3) is 6.08 Å². The molecule has 18 heavy (non-hydrogen) atoms. The standard InChI is InChI=1S/C13H19N3O2/c1-4-18-13-15-8-11(9-16-13)5-6-12(17)14-7-10(2)3/h5-6,8-10H,4,7H2,1-3H3,(H,14,17)/b6-5+. The number of hydrogen-bond donors (Lipinski definition) is 1. The van der Waals surface area contributed by atoms with Gasteiger partial charge in [0.1, 0.15) is 0 Å². The van der Waals surface area contributed by atoms with E-state index >= 15 is 0 Å². The average Bonchev–Trinajstić information content (AvgIpc) is 2.36. The molecule has 0 aliphatic carbocycles. The van der Waals surface area contributed by atoms with Crippen LogP contribution >= 0.6 is 0 Å². The Morgan fingerprint density at radius 3 is 2.67 bits per heavy atom. The number of aromatic nitrogens is 2. The fourth-order valence-electron chi connectivity index (χ4n) is 1.15. The second kappa shape index (κ2) is 7.42. The third-order valence-corrected chi connectivity index (χ3v) is 2.03. The minimum atomic E-state index is -0.113. The molecule has 0 unspecified atom stereocenters. The first-order valence-corrected chi connectivity index (χ1v) is 6.02. The van der Waals surface area contributed by atoms with Gasteiger partial charge >= 0.3 is 6.01 Å². The van der Waals surface area contributed by atoms with Crippen LogP contribution in [0.1, 0.15) is 26.3 Å². The van der Waals surface area contributed by atoms with E-state index in [1.54, 1.807) is 18.5 Å². The summed E-state index contributed by atoms with van der Waals surface area (Å²) < 4.78 is 5.13. The smallest absolute Gasteiger partial charge is 0.316 e. The monoisotopic (exact) mass is 249 g/mol. The molecular formula is C13H19N3O2. The first kappa shape index (κ1) is 14.2. The second-order valence-electron chi connectivity index (χ2n) is 4.20. The lowest BCUT2D eigenvalue weighted by atomic mass is 10.2. The van der Waals surface area contributed by atoms with Crippen molar-refractivity contribution < 1.29 is 9.53 Å². The third kappa shape index (κ3) is 5.43. The molecule has 0 aliphatic rings. The van der Waals surface area contributed by atoms with Crippen molar-refractivity contribution in [2.24, 2.45) is 5.92 Å². The van der Waals surface area contributed by atoms with Gasteiger partial charge in [0.25, 0.3) is 0 Å². The van der Waals surface area contributed by atoms with E-state index in [4.69, 9.17) is 4.74 Å². The van der Waals surface area contributed by atoms with Gasteiger partial charge in [-0.05, 0) is 18.9 Å². The minimum Gasteiger partial charge on any atom is -0.464 e. The van der Waals surface area contributed by atoms with E-state index in [9.17, 15) is 4.79 Å². The van der Waals surface area contributed by atoms with Crippen LogP contribution < -0.4 is 10.1 Å². The molecule has 1 N–H and O–H groups in total. The molecule has 98 valence electrons. The molecule has 0 saturated carbocycles. The summed E-state index contributed by atoms with van der Waals surface area (Å²) in [5, 5.41) is 2.79. The zero-order chi connectivity index (χ0) is 13.4. The highest BCUT2D eigenvalue weighted by Gasteiger charge is 1.98. The number of carbonyl (C=O) groups excluding carboxylic acids is 1. The van der Waals surface area contributed by atoms with Crippen LogP contribution in [-0.2, 0) is 4.79 Å². The van der Waals surface area contributed by atoms with Crippen LogP contribution in [0.3, 0.4) is 0 Å². The molecule has 1 amide bonds. The van der Waals surface area contributed by atoms with Gasteiger partial charge in [0, 0.05) is 30.6 Å². The van der Waals surface area contributed by atoms with Gasteiger partial charge in [-0.25, -0.2) is 9.97 Å².